The maximum Gasteiger partial charge on any atom is 0.0696 e. The van der Waals surface area contributed by atoms with Gasteiger partial charge in [-0.2, -0.15) is 0 Å². The van der Waals surface area contributed by atoms with Crippen molar-refractivity contribution in [2.75, 3.05) is 0 Å². The number of hydrogen-bond donors (Lipinski definition) is 0. The molecule has 140 valence electrons. The zero-order chi connectivity index (χ0) is 19.5. The molecule has 2 atom stereocenters. The van der Waals surface area contributed by atoms with Gasteiger partial charge >= 0.3 is 0 Å². The predicted octanol–water partition coefficient (Wildman–Crippen LogP) is 8.16. The van der Waals surface area contributed by atoms with Gasteiger partial charge in [0.1, 0.15) is 0 Å². The molecule has 0 saturated carbocycles. The molecule has 3 aliphatic heterocycles. The third-order valence-corrected chi connectivity index (χ3v) is 9.12. The fourth-order valence-electron chi connectivity index (χ4n) is 4.47. The van der Waals surface area contributed by atoms with Gasteiger partial charge in [0.05, 0.1) is 5.69 Å². The average molecular weight is 396 g/mol. The molecule has 4 rings (SSSR count). The highest BCUT2D eigenvalue weighted by Crippen LogP contribution is 2.79. The highest BCUT2D eigenvalue weighted by molar-refractivity contribution is 7.78. The van der Waals surface area contributed by atoms with Crippen LogP contribution in [0.3, 0.4) is 0 Å². The van der Waals surface area contributed by atoms with Crippen molar-refractivity contribution in [3.63, 3.8) is 0 Å². The molecule has 0 aromatic heterocycles. The monoisotopic (exact) mass is 395 g/mol. The molecule has 0 N–H and O–H groups in total. The summed E-state index contributed by atoms with van der Waals surface area (Å²) in [6.45, 7) is 17.8. The number of para-hydroxylation sites is 1. The number of allylic oxidation sites excluding steroid dienone is 6. The smallest absolute Gasteiger partial charge is 0.0696 e. The van der Waals surface area contributed by atoms with Gasteiger partial charge in [-0.05, 0) is 74.3 Å². The minimum Gasteiger partial charge on any atom is -0.256 e. The number of aryl methyl sites for hydroxylation is 1. The van der Waals surface area contributed by atoms with E-state index in [0.29, 0.717) is 5.92 Å². The van der Waals surface area contributed by atoms with Crippen LogP contribution in [0, 0.1) is 5.92 Å². The first-order chi connectivity index (χ1) is 12.8. The number of hydrogen-bond acceptors (Lipinski definition) is 1. The molecular weight excluding hydrogens is 369 g/mol. The molecule has 3 aliphatic rings. The number of rotatable bonds is 2. The lowest BCUT2D eigenvalue weighted by molar-refractivity contribution is 0.839. The van der Waals surface area contributed by atoms with Crippen LogP contribution >= 0.6 is 19.5 Å². The standard InChI is InChI=1S/C24H27ClNP/c1-13(2)19-9-7-8-18-10-11-20(26-23(18)19)21-14(3)12-15(4)22(25)24-17(6)27(24)16(21)5/h7-9,13,21H,3,5,10-12H2,1-2,4,6H3/b22-15+. The van der Waals surface area contributed by atoms with Crippen LogP contribution in [-0.2, 0) is 6.42 Å². The Bertz CT molecular complexity index is 961. The van der Waals surface area contributed by atoms with Crippen LogP contribution in [0.25, 0.3) is 0 Å². The first kappa shape index (κ1) is 18.9. The lowest BCUT2D eigenvalue weighted by atomic mass is 9.84. The summed E-state index contributed by atoms with van der Waals surface area (Å²) in [6, 6.07) is 6.62. The third-order valence-electron chi connectivity index (χ3n) is 5.97. The normalized spacial score (nSPS) is 27.9. The van der Waals surface area contributed by atoms with Crippen molar-refractivity contribution in [3.8, 4) is 0 Å². The second kappa shape index (κ2) is 6.87. The van der Waals surface area contributed by atoms with E-state index in [-0.39, 0.29) is 5.92 Å². The summed E-state index contributed by atoms with van der Waals surface area (Å²) in [5.74, 6) is 0.649. The first-order valence-electron chi connectivity index (χ1n) is 9.73. The Morgan fingerprint density at radius 2 is 1.93 bits per heavy atom. The van der Waals surface area contributed by atoms with Crippen LogP contribution in [0.2, 0.25) is 0 Å². The van der Waals surface area contributed by atoms with Crippen LogP contribution in [-0.4, -0.2) is 5.71 Å². The van der Waals surface area contributed by atoms with Gasteiger partial charge in [-0.15, -0.1) is 0 Å². The van der Waals surface area contributed by atoms with E-state index >= 15 is 0 Å². The van der Waals surface area contributed by atoms with E-state index in [2.05, 4.69) is 59.1 Å². The number of benzene rings is 1. The van der Waals surface area contributed by atoms with Gasteiger partial charge in [0, 0.05) is 22.0 Å². The van der Waals surface area contributed by atoms with E-state index in [9.17, 15) is 0 Å². The largest absolute Gasteiger partial charge is 0.256 e. The summed E-state index contributed by atoms with van der Waals surface area (Å²) in [7, 11) is -0.428. The van der Waals surface area contributed by atoms with E-state index in [0.717, 1.165) is 24.3 Å². The number of nitrogens with zero attached hydrogens (tertiary/aromatic N) is 1. The van der Waals surface area contributed by atoms with Crippen LogP contribution in [0.15, 0.2) is 68.5 Å². The summed E-state index contributed by atoms with van der Waals surface area (Å²) >= 11 is 6.64. The molecule has 2 unspecified atom stereocenters. The van der Waals surface area contributed by atoms with E-state index < -0.39 is 7.92 Å². The summed E-state index contributed by atoms with van der Waals surface area (Å²) in [4.78, 5) is 5.22. The lowest BCUT2D eigenvalue weighted by Crippen LogP contribution is -2.21. The summed E-state index contributed by atoms with van der Waals surface area (Å²) in [5.41, 5.74) is 7.59. The van der Waals surface area contributed by atoms with Crippen molar-refractivity contribution in [1.29, 1.82) is 0 Å². The molecule has 3 heteroatoms. The Morgan fingerprint density at radius 3 is 2.63 bits per heavy atom. The fourth-order valence-corrected chi connectivity index (χ4v) is 7.45. The molecule has 1 aromatic rings. The second-order valence-corrected chi connectivity index (χ2v) is 11.0. The molecule has 0 fully saturated rings. The third kappa shape index (κ3) is 3.10. The Balaban J connectivity index is 1.77. The highest BCUT2D eigenvalue weighted by atomic mass is 35.5. The van der Waals surface area contributed by atoms with Crippen molar-refractivity contribution in [2.24, 2.45) is 10.9 Å². The average Bonchev–Trinajstić information content (AvgIpc) is 3.30. The fraction of sp³-hybridized carbons (Fsp3) is 0.375. The minimum atomic E-state index is -0.428. The quantitative estimate of drug-likeness (QED) is 0.353. The topological polar surface area (TPSA) is 12.4 Å². The van der Waals surface area contributed by atoms with Crippen molar-refractivity contribution in [3.05, 3.63) is 74.6 Å². The van der Waals surface area contributed by atoms with Crippen LogP contribution in [0.4, 0.5) is 5.69 Å². The molecule has 1 nitrogen and oxygen atoms in total. The van der Waals surface area contributed by atoms with Gasteiger partial charge in [0.15, 0.2) is 0 Å². The lowest BCUT2D eigenvalue weighted by Gasteiger charge is -2.30. The summed E-state index contributed by atoms with van der Waals surface area (Å²) in [5, 5.41) is 5.01. The summed E-state index contributed by atoms with van der Waals surface area (Å²) in [6.07, 6.45) is 2.88. The molecule has 1 aromatic carbocycles. The molecular formula is C24H27ClNP. The molecule has 0 saturated heterocycles. The Kier molecular flexibility index (Phi) is 4.81. The molecule has 0 amide bonds. The molecule has 0 bridgehead atoms. The van der Waals surface area contributed by atoms with Gasteiger partial charge in [-0.3, -0.25) is 4.99 Å². The first-order valence-corrected chi connectivity index (χ1v) is 11.5. The van der Waals surface area contributed by atoms with E-state index in [4.69, 9.17) is 16.6 Å². The van der Waals surface area contributed by atoms with Crippen LogP contribution in [0.5, 0.6) is 0 Å². The molecule has 27 heavy (non-hydrogen) atoms. The Labute approximate surface area is 169 Å². The second-order valence-electron chi connectivity index (χ2n) is 8.24. The molecule has 0 spiro atoms. The van der Waals surface area contributed by atoms with Gasteiger partial charge < -0.3 is 0 Å². The van der Waals surface area contributed by atoms with E-state index in [1.54, 1.807) is 0 Å². The molecule has 3 heterocycles. The molecule has 0 radical (unpaired) electrons. The number of aliphatic imine (C=N–C) groups is 1. The molecule has 0 aliphatic carbocycles. The van der Waals surface area contributed by atoms with Crippen LogP contribution in [0.1, 0.15) is 57.6 Å². The highest BCUT2D eigenvalue weighted by Gasteiger charge is 2.43. The Morgan fingerprint density at radius 1 is 1.19 bits per heavy atom. The summed E-state index contributed by atoms with van der Waals surface area (Å²) < 4.78 is 0. The number of halogens is 1. The van der Waals surface area contributed by atoms with Crippen molar-refractivity contribution >= 4 is 30.9 Å². The maximum atomic E-state index is 6.64. The van der Waals surface area contributed by atoms with E-state index in [1.807, 2.05) is 0 Å². The van der Waals surface area contributed by atoms with Crippen molar-refractivity contribution < 1.29 is 0 Å². The zero-order valence-corrected chi connectivity index (χ0v) is 18.3. The number of fused-ring (bicyclic) bond motifs is 2. The van der Waals surface area contributed by atoms with Gasteiger partial charge in [0.2, 0.25) is 0 Å². The van der Waals surface area contributed by atoms with Gasteiger partial charge in [0.25, 0.3) is 0 Å². The SMILES string of the molecule is C=C1C/C(C)=C(/Cl)C2=C(C)P2C(=C)C1C1=Nc2c(cccc2C(C)C)CC1. The zero-order valence-electron chi connectivity index (χ0n) is 16.7. The minimum absolute atomic E-state index is 0.177. The van der Waals surface area contributed by atoms with Crippen molar-refractivity contribution in [2.45, 2.75) is 52.9 Å². The predicted molar refractivity (Wildman–Crippen MR) is 121 cm³/mol. The van der Waals surface area contributed by atoms with Crippen LogP contribution < -0.4 is 0 Å². The maximum absolute atomic E-state index is 6.64. The van der Waals surface area contributed by atoms with Gasteiger partial charge in [-0.25, -0.2) is 0 Å². The Hall–Kier alpha value is -1.43. The van der Waals surface area contributed by atoms with E-state index in [1.165, 1.54) is 49.6 Å². The van der Waals surface area contributed by atoms with Gasteiger partial charge in [-0.1, -0.05) is 62.4 Å². The van der Waals surface area contributed by atoms with Crippen molar-refractivity contribution in [1.82, 2.24) is 0 Å².